The SMILES string of the molecule is CCn1cnc(-c2ccc(C3=CCN(C(=O)CN4CC[C@]5(CCN(C6CCC7NNC(c8ccc(OC(C)C)nc8)C7C6)C5=O)C4)CC3)cc2)n1. The average Bonchev–Trinajstić information content (AvgIpc) is 3.96. The Morgan fingerprint density at radius 1 is 1.02 bits per heavy atom. The molecular weight excluding hydrogens is 642 g/mol. The molecule has 2 aromatic heterocycles. The highest BCUT2D eigenvalue weighted by molar-refractivity contribution is 5.86. The summed E-state index contributed by atoms with van der Waals surface area (Å²) in [6, 6.07) is 13.3. The van der Waals surface area contributed by atoms with Gasteiger partial charge in [0.05, 0.1) is 24.1 Å². The molecule has 2 amide bonds. The van der Waals surface area contributed by atoms with Gasteiger partial charge in [-0.2, -0.15) is 5.10 Å². The molecule has 270 valence electrons. The van der Waals surface area contributed by atoms with E-state index in [1.807, 2.05) is 42.6 Å². The predicted molar refractivity (Wildman–Crippen MR) is 194 cm³/mol. The first kappa shape index (κ1) is 34.0. The lowest BCUT2D eigenvalue weighted by molar-refractivity contribution is -0.139. The molecule has 1 saturated carbocycles. The summed E-state index contributed by atoms with van der Waals surface area (Å²) >= 11 is 0. The number of fused-ring (bicyclic) bond motifs is 1. The highest BCUT2D eigenvalue weighted by Crippen LogP contribution is 2.45. The minimum Gasteiger partial charge on any atom is -0.475 e. The van der Waals surface area contributed by atoms with Crippen molar-refractivity contribution in [2.45, 2.75) is 90.1 Å². The Morgan fingerprint density at radius 3 is 2.57 bits per heavy atom. The standard InChI is InChI=1S/C39H51N9O3/c1-4-47-25-41-37(44-47)29-7-5-27(6-8-29)28-13-17-46(18-14-28)35(49)23-45-19-15-39(24-45)16-20-48(38(39)50)31-10-11-33-32(21-31)36(43-42-33)30-9-12-34(40-22-30)51-26(2)3/h5-9,12-13,22,25-26,31-33,36,42-43H,4,10-11,14-21,23-24H2,1-3H3/t31?,32?,33?,36?,39-/m0/s1. The number of likely N-dealkylation sites (tertiary alicyclic amines) is 2. The fraction of sp³-hybridized carbons (Fsp3) is 0.564. The fourth-order valence-corrected chi connectivity index (χ4v) is 9.06. The van der Waals surface area contributed by atoms with Gasteiger partial charge in [0, 0.05) is 62.6 Å². The van der Waals surface area contributed by atoms with Crippen molar-refractivity contribution >= 4 is 17.4 Å². The molecule has 3 aromatic rings. The first-order valence-corrected chi connectivity index (χ1v) is 18.9. The number of rotatable bonds is 9. The van der Waals surface area contributed by atoms with Crippen LogP contribution in [0, 0.1) is 11.3 Å². The van der Waals surface area contributed by atoms with E-state index in [0.29, 0.717) is 49.9 Å². The Bertz CT molecular complexity index is 1760. The van der Waals surface area contributed by atoms with Crippen LogP contribution in [0.4, 0.5) is 0 Å². The Morgan fingerprint density at radius 2 is 1.84 bits per heavy atom. The van der Waals surface area contributed by atoms with Crippen LogP contribution in [0.15, 0.2) is 55.0 Å². The van der Waals surface area contributed by atoms with Crippen LogP contribution in [0.5, 0.6) is 5.88 Å². The van der Waals surface area contributed by atoms with Crippen LogP contribution in [-0.4, -0.2) is 104 Å². The molecule has 0 radical (unpaired) electrons. The molecule has 6 heterocycles. The van der Waals surface area contributed by atoms with E-state index in [2.05, 4.69) is 72.1 Å². The lowest BCUT2D eigenvalue weighted by Gasteiger charge is -2.38. The summed E-state index contributed by atoms with van der Waals surface area (Å²) in [6.07, 6.45) is 11.5. The molecule has 2 N–H and O–H groups in total. The van der Waals surface area contributed by atoms with Gasteiger partial charge in [0.2, 0.25) is 17.7 Å². The number of hydrogen-bond acceptors (Lipinski definition) is 9. The third kappa shape index (κ3) is 6.81. The highest BCUT2D eigenvalue weighted by Gasteiger charge is 2.53. The van der Waals surface area contributed by atoms with Crippen LogP contribution in [0.3, 0.4) is 0 Å². The molecule has 8 rings (SSSR count). The minimum absolute atomic E-state index is 0.0878. The lowest BCUT2D eigenvalue weighted by atomic mass is 9.77. The van der Waals surface area contributed by atoms with Crippen molar-refractivity contribution < 1.29 is 14.3 Å². The van der Waals surface area contributed by atoms with Crippen molar-refractivity contribution in [1.29, 1.82) is 0 Å². The van der Waals surface area contributed by atoms with E-state index in [4.69, 9.17) is 4.74 Å². The lowest BCUT2D eigenvalue weighted by Crippen LogP contribution is -2.47. The van der Waals surface area contributed by atoms with Gasteiger partial charge in [-0.15, -0.1) is 0 Å². The van der Waals surface area contributed by atoms with Gasteiger partial charge in [-0.05, 0) is 88.5 Å². The van der Waals surface area contributed by atoms with Crippen molar-refractivity contribution in [3.8, 4) is 17.3 Å². The number of aromatic nitrogens is 4. The number of carbonyl (C=O) groups is 2. The normalized spacial score (nSPS) is 28.2. The van der Waals surface area contributed by atoms with Crippen molar-refractivity contribution in [1.82, 2.24) is 45.3 Å². The smallest absolute Gasteiger partial charge is 0.237 e. The molecule has 1 aliphatic carbocycles. The number of aryl methyl sites for hydroxylation is 1. The van der Waals surface area contributed by atoms with Gasteiger partial charge in [-0.25, -0.2) is 15.4 Å². The van der Waals surface area contributed by atoms with E-state index in [-0.39, 0.29) is 29.5 Å². The number of carbonyl (C=O) groups excluding carboxylic acids is 2. The summed E-state index contributed by atoms with van der Waals surface area (Å²) in [5.74, 6) is 2.23. The number of amides is 2. The number of pyridine rings is 1. The molecule has 4 unspecified atom stereocenters. The van der Waals surface area contributed by atoms with Crippen LogP contribution in [0.1, 0.15) is 76.5 Å². The van der Waals surface area contributed by atoms with Gasteiger partial charge in [-0.1, -0.05) is 36.4 Å². The summed E-state index contributed by atoms with van der Waals surface area (Å²) in [5, 5.41) is 4.51. The fourth-order valence-electron chi connectivity index (χ4n) is 9.06. The van der Waals surface area contributed by atoms with Gasteiger partial charge in [-0.3, -0.25) is 24.6 Å². The maximum atomic E-state index is 14.2. The van der Waals surface area contributed by atoms with Crippen molar-refractivity contribution in [2.75, 3.05) is 39.3 Å². The molecule has 1 spiro atoms. The van der Waals surface area contributed by atoms with Crippen molar-refractivity contribution in [2.24, 2.45) is 11.3 Å². The molecule has 4 fully saturated rings. The Balaban J connectivity index is 0.836. The average molecular weight is 694 g/mol. The number of nitrogens with zero attached hydrogens (tertiary/aromatic N) is 7. The minimum atomic E-state index is -0.357. The zero-order valence-corrected chi connectivity index (χ0v) is 30.1. The molecule has 12 nitrogen and oxygen atoms in total. The van der Waals surface area contributed by atoms with Crippen LogP contribution in [-0.2, 0) is 16.1 Å². The number of hydrogen-bond donors (Lipinski definition) is 2. The van der Waals surface area contributed by atoms with E-state index >= 15 is 0 Å². The summed E-state index contributed by atoms with van der Waals surface area (Å²) in [5.41, 5.74) is 11.3. The van der Waals surface area contributed by atoms with Crippen molar-refractivity contribution in [3.63, 3.8) is 0 Å². The largest absolute Gasteiger partial charge is 0.475 e. The van der Waals surface area contributed by atoms with Crippen LogP contribution in [0.2, 0.25) is 0 Å². The molecule has 5 aliphatic rings. The summed E-state index contributed by atoms with van der Waals surface area (Å²) < 4.78 is 7.58. The maximum Gasteiger partial charge on any atom is 0.237 e. The molecular formula is C39H51N9O3. The van der Waals surface area contributed by atoms with E-state index < -0.39 is 0 Å². The second kappa shape index (κ2) is 14.1. The van der Waals surface area contributed by atoms with E-state index in [1.54, 1.807) is 6.33 Å². The third-order valence-corrected chi connectivity index (χ3v) is 11.9. The Kier molecular flexibility index (Phi) is 9.41. The molecule has 1 aromatic carbocycles. The first-order valence-electron chi connectivity index (χ1n) is 18.9. The summed E-state index contributed by atoms with van der Waals surface area (Å²) in [7, 11) is 0. The van der Waals surface area contributed by atoms with E-state index in [1.165, 1.54) is 11.1 Å². The second-order valence-corrected chi connectivity index (χ2v) is 15.4. The van der Waals surface area contributed by atoms with E-state index in [9.17, 15) is 9.59 Å². The number of ether oxygens (including phenoxy) is 1. The monoisotopic (exact) mass is 693 g/mol. The Labute approximate surface area is 300 Å². The molecule has 51 heavy (non-hydrogen) atoms. The summed E-state index contributed by atoms with van der Waals surface area (Å²) in [4.78, 5) is 43.0. The number of nitrogens with one attached hydrogen (secondary N) is 2. The van der Waals surface area contributed by atoms with Crippen LogP contribution < -0.4 is 15.6 Å². The number of hydrazine groups is 1. The van der Waals surface area contributed by atoms with Gasteiger partial charge < -0.3 is 14.5 Å². The van der Waals surface area contributed by atoms with E-state index in [0.717, 1.165) is 75.1 Å². The zero-order valence-electron chi connectivity index (χ0n) is 30.1. The third-order valence-electron chi connectivity index (χ3n) is 11.9. The summed E-state index contributed by atoms with van der Waals surface area (Å²) in [6.45, 7) is 10.9. The van der Waals surface area contributed by atoms with Gasteiger partial charge in [0.1, 0.15) is 6.33 Å². The Hall–Kier alpha value is -4.13. The molecule has 5 atom stereocenters. The molecule has 3 saturated heterocycles. The predicted octanol–water partition coefficient (Wildman–Crippen LogP) is 4.07. The second-order valence-electron chi connectivity index (χ2n) is 15.4. The number of benzene rings is 1. The van der Waals surface area contributed by atoms with Crippen LogP contribution in [0.25, 0.3) is 17.0 Å². The maximum absolute atomic E-state index is 14.2. The molecule has 12 heteroatoms. The highest BCUT2D eigenvalue weighted by atomic mass is 16.5. The quantitative estimate of drug-likeness (QED) is 0.342. The molecule has 4 aliphatic heterocycles. The van der Waals surface area contributed by atoms with Gasteiger partial charge in [0.15, 0.2) is 5.82 Å². The first-order chi connectivity index (χ1) is 24.8. The van der Waals surface area contributed by atoms with Crippen LogP contribution >= 0.6 is 0 Å². The topological polar surface area (TPSA) is 121 Å². The zero-order chi connectivity index (χ0) is 35.1. The van der Waals surface area contributed by atoms with Crippen molar-refractivity contribution in [3.05, 3.63) is 66.1 Å². The van der Waals surface area contributed by atoms with Gasteiger partial charge in [0.25, 0.3) is 0 Å². The van der Waals surface area contributed by atoms with Gasteiger partial charge >= 0.3 is 0 Å². The molecule has 0 bridgehead atoms.